The molecule has 0 unspecified atom stereocenters. The van der Waals surface area contributed by atoms with Crippen LogP contribution in [0.4, 0.5) is 0 Å². The van der Waals surface area contributed by atoms with Crippen molar-refractivity contribution in [2.75, 3.05) is 26.4 Å². The van der Waals surface area contributed by atoms with E-state index in [1.165, 1.54) is 0 Å². The molecule has 0 radical (unpaired) electrons. The minimum absolute atomic E-state index is 0.130. The van der Waals surface area contributed by atoms with E-state index in [9.17, 15) is 9.59 Å². The van der Waals surface area contributed by atoms with Crippen LogP contribution >= 0.6 is 0 Å². The van der Waals surface area contributed by atoms with Crippen molar-refractivity contribution in [3.05, 3.63) is 35.4 Å². The van der Waals surface area contributed by atoms with Crippen molar-refractivity contribution in [3.8, 4) is 0 Å². The zero-order valence-corrected chi connectivity index (χ0v) is 9.80. The first-order valence-electron chi connectivity index (χ1n) is 5.64. The van der Waals surface area contributed by atoms with E-state index in [4.69, 9.17) is 15.3 Å². The van der Waals surface area contributed by atoms with E-state index in [0.29, 0.717) is 24.3 Å². The maximum Gasteiger partial charge on any atom is 0.285 e. The molecule has 0 bridgehead atoms. The molecule has 1 aromatic carbocycles. The Hall–Kier alpha value is -1.76. The molecule has 0 spiro atoms. The van der Waals surface area contributed by atoms with Gasteiger partial charge in [-0.2, -0.15) is 0 Å². The first-order valence-corrected chi connectivity index (χ1v) is 5.64. The van der Waals surface area contributed by atoms with Crippen LogP contribution in [-0.2, 0) is 9.57 Å². The standard InChI is InChI=1S/C12H14N2O4/c13-5-6-17-7-8-18-14-11(15)9-3-1-2-4-10(9)12(14)16/h1-4H,5-8,13H2. The summed E-state index contributed by atoms with van der Waals surface area (Å²) in [5, 5.41) is 0.774. The van der Waals surface area contributed by atoms with Gasteiger partial charge in [0.25, 0.3) is 11.8 Å². The van der Waals surface area contributed by atoms with Crippen LogP contribution in [0.15, 0.2) is 24.3 Å². The molecule has 0 fully saturated rings. The van der Waals surface area contributed by atoms with Gasteiger partial charge in [0.2, 0.25) is 0 Å². The van der Waals surface area contributed by atoms with Crippen LogP contribution in [-0.4, -0.2) is 43.2 Å². The van der Waals surface area contributed by atoms with Crippen molar-refractivity contribution in [1.82, 2.24) is 5.06 Å². The molecular formula is C12H14N2O4. The van der Waals surface area contributed by atoms with Gasteiger partial charge in [-0.15, -0.1) is 5.06 Å². The zero-order chi connectivity index (χ0) is 13.0. The number of carbonyl (C=O) groups is 2. The molecule has 1 aromatic rings. The van der Waals surface area contributed by atoms with Crippen LogP contribution in [0.5, 0.6) is 0 Å². The predicted octanol–water partition coefficient (Wildman–Crippen LogP) is 0.190. The average Bonchev–Trinajstić information content (AvgIpc) is 2.64. The van der Waals surface area contributed by atoms with E-state index in [1.807, 2.05) is 0 Å². The lowest BCUT2D eigenvalue weighted by molar-refractivity contribution is -0.105. The lowest BCUT2D eigenvalue weighted by Crippen LogP contribution is -2.31. The first-order chi connectivity index (χ1) is 8.75. The Kier molecular flexibility index (Phi) is 4.03. The number of carbonyl (C=O) groups excluding carboxylic acids is 2. The lowest BCUT2D eigenvalue weighted by atomic mass is 10.1. The van der Waals surface area contributed by atoms with E-state index in [0.717, 1.165) is 5.06 Å². The van der Waals surface area contributed by atoms with Crippen molar-refractivity contribution < 1.29 is 19.2 Å². The second-order valence-electron chi connectivity index (χ2n) is 3.68. The first kappa shape index (κ1) is 12.7. The molecule has 2 amide bonds. The fourth-order valence-corrected chi connectivity index (χ4v) is 1.66. The van der Waals surface area contributed by atoms with Crippen molar-refractivity contribution in [1.29, 1.82) is 0 Å². The van der Waals surface area contributed by atoms with Gasteiger partial charge in [0.15, 0.2) is 0 Å². The Labute approximate surface area is 104 Å². The summed E-state index contributed by atoms with van der Waals surface area (Å²) in [6.07, 6.45) is 0. The van der Waals surface area contributed by atoms with Crippen molar-refractivity contribution in [3.63, 3.8) is 0 Å². The van der Waals surface area contributed by atoms with Crippen LogP contribution < -0.4 is 5.73 Å². The molecule has 1 heterocycles. The van der Waals surface area contributed by atoms with Gasteiger partial charge in [-0.1, -0.05) is 12.1 Å². The molecule has 0 aliphatic carbocycles. The second kappa shape index (κ2) is 5.72. The highest BCUT2D eigenvalue weighted by molar-refractivity contribution is 6.20. The number of amides is 2. The number of ether oxygens (including phenoxy) is 1. The third-order valence-electron chi connectivity index (χ3n) is 2.47. The van der Waals surface area contributed by atoms with Gasteiger partial charge in [-0.25, -0.2) is 0 Å². The van der Waals surface area contributed by atoms with E-state index in [-0.39, 0.29) is 13.2 Å². The SMILES string of the molecule is NCCOCCON1C(=O)c2ccccc2C1=O. The minimum Gasteiger partial charge on any atom is -0.378 e. The normalized spacial score (nSPS) is 14.2. The molecule has 1 aliphatic heterocycles. The van der Waals surface area contributed by atoms with Crippen LogP contribution in [0.1, 0.15) is 20.7 Å². The summed E-state index contributed by atoms with van der Waals surface area (Å²) in [7, 11) is 0. The number of rotatable bonds is 6. The quantitative estimate of drug-likeness (QED) is 0.575. The summed E-state index contributed by atoms with van der Waals surface area (Å²) in [5.74, 6) is -0.871. The lowest BCUT2D eigenvalue weighted by Gasteiger charge is -2.13. The van der Waals surface area contributed by atoms with Crippen molar-refractivity contribution >= 4 is 11.8 Å². The molecule has 2 rings (SSSR count). The molecule has 18 heavy (non-hydrogen) atoms. The Balaban J connectivity index is 1.93. The van der Waals surface area contributed by atoms with Crippen LogP contribution in [0.2, 0.25) is 0 Å². The summed E-state index contributed by atoms with van der Waals surface area (Å²) >= 11 is 0. The number of fused-ring (bicyclic) bond motifs is 1. The summed E-state index contributed by atoms with van der Waals surface area (Å²) < 4.78 is 5.09. The molecule has 6 heteroatoms. The number of imide groups is 1. The van der Waals surface area contributed by atoms with Gasteiger partial charge in [0.05, 0.1) is 30.9 Å². The smallest absolute Gasteiger partial charge is 0.285 e. The highest BCUT2D eigenvalue weighted by Gasteiger charge is 2.36. The van der Waals surface area contributed by atoms with E-state index in [2.05, 4.69) is 0 Å². The van der Waals surface area contributed by atoms with Gasteiger partial charge in [-0.3, -0.25) is 14.4 Å². The van der Waals surface area contributed by atoms with E-state index in [1.54, 1.807) is 24.3 Å². The zero-order valence-electron chi connectivity index (χ0n) is 9.80. The van der Waals surface area contributed by atoms with Crippen LogP contribution in [0.25, 0.3) is 0 Å². The summed E-state index contributed by atoms with van der Waals surface area (Å²) in [6.45, 7) is 1.26. The van der Waals surface area contributed by atoms with Gasteiger partial charge in [0, 0.05) is 6.54 Å². The number of hydrogen-bond donors (Lipinski definition) is 1. The molecule has 1 aliphatic rings. The number of benzene rings is 1. The Morgan fingerprint density at radius 1 is 1.00 bits per heavy atom. The molecule has 0 aromatic heterocycles. The minimum atomic E-state index is -0.436. The molecule has 0 atom stereocenters. The highest BCUT2D eigenvalue weighted by atomic mass is 16.7. The number of nitrogens with zero attached hydrogens (tertiary/aromatic N) is 1. The fraction of sp³-hybridized carbons (Fsp3) is 0.333. The average molecular weight is 250 g/mol. The maximum atomic E-state index is 11.8. The van der Waals surface area contributed by atoms with Gasteiger partial charge >= 0.3 is 0 Å². The third kappa shape index (κ3) is 2.40. The van der Waals surface area contributed by atoms with Gasteiger partial charge in [0.1, 0.15) is 0 Å². The summed E-state index contributed by atoms with van der Waals surface area (Å²) in [4.78, 5) is 28.8. The number of hydroxylamine groups is 2. The topological polar surface area (TPSA) is 81.9 Å². The molecule has 0 saturated heterocycles. The van der Waals surface area contributed by atoms with Crippen LogP contribution in [0, 0.1) is 0 Å². The Bertz CT molecular complexity index is 426. The number of nitrogens with two attached hydrogens (primary N) is 1. The molecule has 0 saturated carbocycles. The summed E-state index contributed by atoms with van der Waals surface area (Å²) in [5.41, 5.74) is 5.98. The predicted molar refractivity (Wildman–Crippen MR) is 62.8 cm³/mol. The van der Waals surface area contributed by atoms with Gasteiger partial charge in [-0.05, 0) is 12.1 Å². The van der Waals surface area contributed by atoms with Crippen molar-refractivity contribution in [2.45, 2.75) is 0 Å². The Morgan fingerprint density at radius 3 is 2.17 bits per heavy atom. The molecule has 2 N–H and O–H groups in total. The van der Waals surface area contributed by atoms with Crippen LogP contribution in [0.3, 0.4) is 0 Å². The second-order valence-corrected chi connectivity index (χ2v) is 3.68. The van der Waals surface area contributed by atoms with E-state index >= 15 is 0 Å². The maximum absolute atomic E-state index is 11.8. The number of hydrogen-bond acceptors (Lipinski definition) is 5. The fourth-order valence-electron chi connectivity index (χ4n) is 1.66. The molecule has 6 nitrogen and oxygen atoms in total. The summed E-state index contributed by atoms with van der Waals surface area (Å²) in [6, 6.07) is 6.61. The van der Waals surface area contributed by atoms with Gasteiger partial charge < -0.3 is 10.5 Å². The Morgan fingerprint density at radius 2 is 1.61 bits per heavy atom. The molecule has 96 valence electrons. The largest absolute Gasteiger partial charge is 0.378 e. The third-order valence-corrected chi connectivity index (χ3v) is 2.47. The van der Waals surface area contributed by atoms with E-state index < -0.39 is 11.8 Å². The highest BCUT2D eigenvalue weighted by Crippen LogP contribution is 2.22. The molecular weight excluding hydrogens is 236 g/mol. The monoisotopic (exact) mass is 250 g/mol. The van der Waals surface area contributed by atoms with Crippen molar-refractivity contribution in [2.24, 2.45) is 5.73 Å².